The van der Waals surface area contributed by atoms with Gasteiger partial charge in [-0.2, -0.15) is 0 Å². The SMILES string of the molecule is CC(C)(CNC(=O)CCCCN)C(=O)O. The van der Waals surface area contributed by atoms with Gasteiger partial charge in [-0.3, -0.25) is 9.59 Å². The fourth-order valence-corrected chi connectivity index (χ4v) is 0.913. The molecule has 5 nitrogen and oxygen atoms in total. The maximum absolute atomic E-state index is 11.2. The average Bonchev–Trinajstić information content (AvgIpc) is 2.15. The number of hydrogen-bond acceptors (Lipinski definition) is 3. The second-order valence-electron chi connectivity index (χ2n) is 4.21. The van der Waals surface area contributed by atoms with Crippen molar-refractivity contribution in [1.29, 1.82) is 0 Å². The summed E-state index contributed by atoms with van der Waals surface area (Å²) in [5, 5.41) is 11.4. The summed E-state index contributed by atoms with van der Waals surface area (Å²) in [6.45, 7) is 3.89. The Morgan fingerprint density at radius 3 is 2.40 bits per heavy atom. The van der Waals surface area contributed by atoms with Gasteiger partial charge in [0.05, 0.1) is 5.41 Å². The Kier molecular flexibility index (Phi) is 5.93. The zero-order chi connectivity index (χ0) is 11.9. The second-order valence-corrected chi connectivity index (χ2v) is 4.21. The zero-order valence-corrected chi connectivity index (χ0v) is 9.38. The van der Waals surface area contributed by atoms with Crippen LogP contribution in [0.4, 0.5) is 0 Å². The maximum Gasteiger partial charge on any atom is 0.310 e. The molecule has 0 bridgehead atoms. The highest BCUT2D eigenvalue weighted by Gasteiger charge is 2.27. The quantitative estimate of drug-likeness (QED) is 0.535. The lowest BCUT2D eigenvalue weighted by Gasteiger charge is -2.19. The first kappa shape index (κ1) is 13.9. The number of carboxylic acids is 1. The molecule has 0 aliphatic carbocycles. The monoisotopic (exact) mass is 216 g/mol. The molecule has 0 aliphatic rings. The van der Waals surface area contributed by atoms with Gasteiger partial charge >= 0.3 is 5.97 Å². The number of amides is 1. The summed E-state index contributed by atoms with van der Waals surface area (Å²) in [6, 6.07) is 0. The largest absolute Gasteiger partial charge is 0.481 e. The van der Waals surface area contributed by atoms with Gasteiger partial charge in [0.25, 0.3) is 0 Å². The molecule has 0 aromatic carbocycles. The van der Waals surface area contributed by atoms with Crippen molar-refractivity contribution in [2.24, 2.45) is 11.1 Å². The molecule has 4 N–H and O–H groups in total. The van der Waals surface area contributed by atoms with Crippen LogP contribution in [0.25, 0.3) is 0 Å². The minimum absolute atomic E-state index is 0.113. The van der Waals surface area contributed by atoms with Crippen molar-refractivity contribution in [3.63, 3.8) is 0 Å². The van der Waals surface area contributed by atoms with Crippen LogP contribution in [0.3, 0.4) is 0 Å². The summed E-state index contributed by atoms with van der Waals surface area (Å²) in [7, 11) is 0. The summed E-state index contributed by atoms with van der Waals surface area (Å²) in [6.07, 6.45) is 1.97. The van der Waals surface area contributed by atoms with Gasteiger partial charge in [-0.05, 0) is 33.2 Å². The highest BCUT2D eigenvalue weighted by Crippen LogP contribution is 2.13. The van der Waals surface area contributed by atoms with E-state index in [1.54, 1.807) is 13.8 Å². The highest BCUT2D eigenvalue weighted by molar-refractivity contribution is 5.78. The molecule has 0 rings (SSSR count). The third-order valence-corrected chi connectivity index (χ3v) is 2.16. The standard InChI is InChI=1S/C10H20N2O3/c1-10(2,9(14)15)7-12-8(13)5-3-4-6-11/h3-7,11H2,1-2H3,(H,12,13)(H,14,15). The first-order chi connectivity index (χ1) is 6.90. The van der Waals surface area contributed by atoms with Crippen LogP contribution in [0.1, 0.15) is 33.1 Å². The summed E-state index contributed by atoms with van der Waals surface area (Å²) in [4.78, 5) is 22.0. The first-order valence-electron chi connectivity index (χ1n) is 5.10. The van der Waals surface area contributed by atoms with Crippen molar-refractivity contribution in [1.82, 2.24) is 5.32 Å². The molecule has 5 heteroatoms. The molecule has 0 heterocycles. The molecule has 0 saturated carbocycles. The Morgan fingerprint density at radius 1 is 1.33 bits per heavy atom. The molecular formula is C10H20N2O3. The first-order valence-corrected chi connectivity index (χ1v) is 5.10. The lowest BCUT2D eigenvalue weighted by Crippen LogP contribution is -2.38. The van der Waals surface area contributed by atoms with Crippen LogP contribution in [0.2, 0.25) is 0 Å². The molecule has 0 aromatic rings. The van der Waals surface area contributed by atoms with Crippen molar-refractivity contribution in [3.8, 4) is 0 Å². The molecule has 0 aliphatic heterocycles. The van der Waals surface area contributed by atoms with Gasteiger partial charge in [-0.15, -0.1) is 0 Å². The Bertz CT molecular complexity index is 227. The Balaban J connectivity index is 3.75. The molecule has 0 fully saturated rings. The number of carbonyl (C=O) groups excluding carboxylic acids is 1. The predicted molar refractivity (Wildman–Crippen MR) is 57.3 cm³/mol. The predicted octanol–water partition coefficient (Wildman–Crippen LogP) is 0.342. The topological polar surface area (TPSA) is 92.4 Å². The molecule has 0 radical (unpaired) electrons. The third-order valence-electron chi connectivity index (χ3n) is 2.16. The minimum Gasteiger partial charge on any atom is -0.481 e. The molecule has 15 heavy (non-hydrogen) atoms. The van der Waals surface area contributed by atoms with Crippen LogP contribution in [0.15, 0.2) is 0 Å². The zero-order valence-electron chi connectivity index (χ0n) is 9.38. The van der Waals surface area contributed by atoms with Gasteiger partial charge in [0.15, 0.2) is 0 Å². The van der Waals surface area contributed by atoms with Gasteiger partial charge in [-0.25, -0.2) is 0 Å². The molecule has 88 valence electrons. The van der Waals surface area contributed by atoms with E-state index in [4.69, 9.17) is 10.8 Å². The normalized spacial score (nSPS) is 11.1. The summed E-state index contributed by atoms with van der Waals surface area (Å²) < 4.78 is 0. The van der Waals surface area contributed by atoms with E-state index in [0.717, 1.165) is 12.8 Å². The van der Waals surface area contributed by atoms with Crippen LogP contribution >= 0.6 is 0 Å². The number of aliphatic carboxylic acids is 1. The molecule has 0 unspecified atom stereocenters. The van der Waals surface area contributed by atoms with E-state index < -0.39 is 11.4 Å². The van der Waals surface area contributed by atoms with Crippen molar-refractivity contribution in [3.05, 3.63) is 0 Å². The third kappa shape index (κ3) is 6.06. The van der Waals surface area contributed by atoms with Crippen molar-refractivity contribution < 1.29 is 14.7 Å². The average molecular weight is 216 g/mol. The van der Waals surface area contributed by atoms with Gasteiger partial charge in [0, 0.05) is 13.0 Å². The van der Waals surface area contributed by atoms with Crippen LogP contribution in [-0.4, -0.2) is 30.1 Å². The van der Waals surface area contributed by atoms with E-state index in [1.165, 1.54) is 0 Å². The second kappa shape index (κ2) is 6.40. The number of carbonyl (C=O) groups is 2. The highest BCUT2D eigenvalue weighted by atomic mass is 16.4. The van der Waals surface area contributed by atoms with E-state index in [9.17, 15) is 9.59 Å². The molecule has 0 atom stereocenters. The van der Waals surface area contributed by atoms with Crippen LogP contribution in [-0.2, 0) is 9.59 Å². The number of rotatable bonds is 7. The number of hydrogen-bond donors (Lipinski definition) is 3. The van der Waals surface area contributed by atoms with Crippen molar-refractivity contribution in [2.45, 2.75) is 33.1 Å². The van der Waals surface area contributed by atoms with Gasteiger partial charge in [-0.1, -0.05) is 0 Å². The lowest BCUT2D eigenvalue weighted by molar-refractivity contribution is -0.146. The van der Waals surface area contributed by atoms with Gasteiger partial charge in [0.2, 0.25) is 5.91 Å². The fourth-order valence-electron chi connectivity index (χ4n) is 0.913. The van der Waals surface area contributed by atoms with E-state index in [0.29, 0.717) is 13.0 Å². The number of unbranched alkanes of at least 4 members (excludes halogenated alkanes) is 1. The Labute approximate surface area is 90.0 Å². The fraction of sp³-hybridized carbons (Fsp3) is 0.800. The summed E-state index contributed by atoms with van der Waals surface area (Å²) in [5.41, 5.74) is 4.38. The Hall–Kier alpha value is -1.10. The van der Waals surface area contributed by atoms with E-state index >= 15 is 0 Å². The lowest BCUT2D eigenvalue weighted by atomic mass is 9.94. The molecule has 0 aromatic heterocycles. The molecular weight excluding hydrogens is 196 g/mol. The van der Waals surface area contributed by atoms with E-state index in [-0.39, 0.29) is 12.5 Å². The van der Waals surface area contributed by atoms with E-state index in [2.05, 4.69) is 5.32 Å². The molecule has 1 amide bonds. The van der Waals surface area contributed by atoms with Crippen LogP contribution < -0.4 is 11.1 Å². The summed E-state index contributed by atoms with van der Waals surface area (Å²) in [5.74, 6) is -1.03. The number of carboxylic acid groups (broad SMARTS) is 1. The molecule has 0 saturated heterocycles. The maximum atomic E-state index is 11.2. The van der Waals surface area contributed by atoms with Gasteiger partial charge in [0.1, 0.15) is 0 Å². The number of nitrogens with two attached hydrogens (primary N) is 1. The minimum atomic E-state index is -0.913. The van der Waals surface area contributed by atoms with Crippen molar-refractivity contribution >= 4 is 11.9 Å². The van der Waals surface area contributed by atoms with Crippen molar-refractivity contribution in [2.75, 3.05) is 13.1 Å². The summed E-state index contributed by atoms with van der Waals surface area (Å²) >= 11 is 0. The van der Waals surface area contributed by atoms with E-state index in [1.807, 2.05) is 0 Å². The van der Waals surface area contributed by atoms with Crippen LogP contribution in [0.5, 0.6) is 0 Å². The molecule has 0 spiro atoms. The number of nitrogens with one attached hydrogen (secondary N) is 1. The van der Waals surface area contributed by atoms with Crippen LogP contribution in [0, 0.1) is 5.41 Å². The Morgan fingerprint density at radius 2 is 1.93 bits per heavy atom. The smallest absolute Gasteiger partial charge is 0.310 e. The van der Waals surface area contributed by atoms with Gasteiger partial charge < -0.3 is 16.2 Å².